The first-order valence-electron chi connectivity index (χ1n) is 8.56. The summed E-state index contributed by atoms with van der Waals surface area (Å²) >= 11 is 6.02. The third-order valence-corrected chi connectivity index (χ3v) is 4.92. The summed E-state index contributed by atoms with van der Waals surface area (Å²) in [5.74, 6) is 2.27. The number of hydrogen-bond acceptors (Lipinski definition) is 7. The van der Waals surface area contributed by atoms with E-state index in [9.17, 15) is 0 Å². The molecule has 8 nitrogen and oxygen atoms in total. The lowest BCUT2D eigenvalue weighted by Crippen LogP contribution is -2.22. The maximum Gasteiger partial charge on any atom is 0.269 e. The second-order valence-corrected chi connectivity index (χ2v) is 6.59. The highest BCUT2D eigenvalue weighted by atomic mass is 35.5. The zero-order valence-electron chi connectivity index (χ0n) is 15.6. The van der Waals surface area contributed by atoms with E-state index in [2.05, 4.69) is 20.5 Å². The van der Waals surface area contributed by atoms with E-state index in [1.165, 1.54) is 0 Å². The van der Waals surface area contributed by atoms with Crippen LogP contribution in [-0.4, -0.2) is 47.2 Å². The Morgan fingerprint density at radius 2 is 1.64 bits per heavy atom. The Morgan fingerprint density at radius 3 is 2.32 bits per heavy atom. The van der Waals surface area contributed by atoms with E-state index in [1.54, 1.807) is 32.1 Å². The molecule has 0 aliphatic carbocycles. The van der Waals surface area contributed by atoms with Crippen molar-refractivity contribution < 1.29 is 14.2 Å². The largest absolute Gasteiger partial charge is 0.496 e. The van der Waals surface area contributed by atoms with Crippen LogP contribution in [-0.2, 0) is 0 Å². The smallest absolute Gasteiger partial charge is 0.269 e. The minimum absolute atomic E-state index is 0.220. The van der Waals surface area contributed by atoms with Gasteiger partial charge in [-0.25, -0.2) is 9.67 Å². The zero-order chi connectivity index (χ0) is 19.7. The number of halogens is 1. The lowest BCUT2D eigenvalue weighted by atomic mass is 9.95. The van der Waals surface area contributed by atoms with E-state index in [0.29, 0.717) is 34.6 Å². The van der Waals surface area contributed by atoms with Crippen LogP contribution in [0, 0.1) is 0 Å². The van der Waals surface area contributed by atoms with Crippen LogP contribution in [0.2, 0.25) is 5.02 Å². The molecule has 4 rings (SSSR count). The first-order chi connectivity index (χ1) is 13.6. The van der Waals surface area contributed by atoms with E-state index in [1.807, 2.05) is 30.3 Å². The van der Waals surface area contributed by atoms with Gasteiger partial charge in [0.25, 0.3) is 5.95 Å². The fourth-order valence-electron chi connectivity index (χ4n) is 3.28. The highest BCUT2D eigenvalue weighted by Gasteiger charge is 2.30. The minimum Gasteiger partial charge on any atom is -0.496 e. The molecule has 144 valence electrons. The molecule has 0 spiro atoms. The average Bonchev–Trinajstić information content (AvgIpc) is 3.21. The fraction of sp³-hybridized carbons (Fsp3) is 0.263. The van der Waals surface area contributed by atoms with Gasteiger partial charge < -0.3 is 14.2 Å². The van der Waals surface area contributed by atoms with Crippen LogP contribution in [0.15, 0.2) is 41.4 Å². The SMILES string of the molecule is COc1cc(OC)c(C2CC(c3ccc(Cl)cc3)=Nc3nnnn32)cc1OC. The number of fused-ring (bicyclic) bond motifs is 1. The molecular weight excluding hydrogens is 382 g/mol. The molecule has 3 aromatic rings. The molecule has 2 aromatic carbocycles. The van der Waals surface area contributed by atoms with E-state index >= 15 is 0 Å². The van der Waals surface area contributed by atoms with Crippen LogP contribution in [0.3, 0.4) is 0 Å². The van der Waals surface area contributed by atoms with Gasteiger partial charge in [-0.3, -0.25) is 0 Å². The molecule has 1 aliphatic rings. The normalized spacial score (nSPS) is 15.6. The van der Waals surface area contributed by atoms with Crippen LogP contribution >= 0.6 is 11.6 Å². The summed E-state index contributed by atoms with van der Waals surface area (Å²) in [5.41, 5.74) is 2.69. The van der Waals surface area contributed by atoms with Gasteiger partial charge in [-0.2, -0.15) is 0 Å². The van der Waals surface area contributed by atoms with Gasteiger partial charge in [0, 0.05) is 23.1 Å². The molecule has 0 saturated carbocycles. The Hall–Kier alpha value is -3.13. The number of aliphatic imine (C=N–C) groups is 1. The van der Waals surface area contributed by atoms with E-state index in [4.69, 9.17) is 25.8 Å². The van der Waals surface area contributed by atoms with Crippen molar-refractivity contribution in [3.05, 3.63) is 52.5 Å². The topological polar surface area (TPSA) is 83.7 Å². The number of rotatable bonds is 5. The molecule has 0 saturated heterocycles. The predicted octanol–water partition coefficient (Wildman–Crippen LogP) is 3.47. The van der Waals surface area contributed by atoms with Crippen molar-refractivity contribution in [2.75, 3.05) is 21.3 Å². The molecule has 1 atom stereocenters. The van der Waals surface area contributed by atoms with Gasteiger partial charge in [-0.05, 0) is 34.2 Å². The van der Waals surface area contributed by atoms with Crippen molar-refractivity contribution in [1.82, 2.24) is 20.2 Å². The number of methoxy groups -OCH3 is 3. The van der Waals surface area contributed by atoms with Crippen LogP contribution < -0.4 is 14.2 Å². The van der Waals surface area contributed by atoms with Crippen LogP contribution in [0.5, 0.6) is 17.2 Å². The van der Waals surface area contributed by atoms with Crippen molar-refractivity contribution in [3.63, 3.8) is 0 Å². The Kier molecular flexibility index (Phi) is 4.87. The van der Waals surface area contributed by atoms with Gasteiger partial charge >= 0.3 is 0 Å². The molecule has 1 unspecified atom stereocenters. The average molecular weight is 400 g/mol. The summed E-state index contributed by atoms with van der Waals surface area (Å²) in [7, 11) is 4.79. The minimum atomic E-state index is -0.220. The van der Waals surface area contributed by atoms with Crippen molar-refractivity contribution in [1.29, 1.82) is 0 Å². The van der Waals surface area contributed by atoms with E-state index in [0.717, 1.165) is 16.8 Å². The first-order valence-corrected chi connectivity index (χ1v) is 8.93. The molecule has 2 heterocycles. The number of aromatic nitrogens is 4. The van der Waals surface area contributed by atoms with Crippen LogP contribution in [0.25, 0.3) is 0 Å². The third-order valence-electron chi connectivity index (χ3n) is 4.66. The highest BCUT2D eigenvalue weighted by molar-refractivity contribution is 6.30. The predicted molar refractivity (Wildman–Crippen MR) is 104 cm³/mol. The van der Waals surface area contributed by atoms with Gasteiger partial charge in [-0.1, -0.05) is 28.8 Å². The van der Waals surface area contributed by atoms with Gasteiger partial charge in [0.2, 0.25) is 0 Å². The van der Waals surface area contributed by atoms with E-state index < -0.39 is 0 Å². The van der Waals surface area contributed by atoms with Crippen LogP contribution in [0.1, 0.15) is 23.6 Å². The van der Waals surface area contributed by atoms with Gasteiger partial charge in [-0.15, -0.1) is 0 Å². The van der Waals surface area contributed by atoms with Crippen LogP contribution in [0.4, 0.5) is 5.95 Å². The summed E-state index contributed by atoms with van der Waals surface area (Å²) < 4.78 is 18.2. The molecule has 0 amide bonds. The monoisotopic (exact) mass is 399 g/mol. The van der Waals surface area contributed by atoms with Gasteiger partial charge in [0.05, 0.1) is 33.1 Å². The quantitative estimate of drug-likeness (QED) is 0.653. The number of tetrazole rings is 1. The number of benzene rings is 2. The Labute approximate surface area is 166 Å². The summed E-state index contributed by atoms with van der Waals surface area (Å²) in [6.45, 7) is 0. The molecule has 1 aliphatic heterocycles. The first kappa shape index (κ1) is 18.2. The molecule has 0 N–H and O–H groups in total. The zero-order valence-corrected chi connectivity index (χ0v) is 16.3. The molecule has 0 bridgehead atoms. The Balaban J connectivity index is 1.82. The second-order valence-electron chi connectivity index (χ2n) is 6.16. The molecule has 9 heteroatoms. The summed E-state index contributed by atoms with van der Waals surface area (Å²) in [6, 6.07) is 11.0. The molecule has 0 radical (unpaired) electrons. The van der Waals surface area contributed by atoms with Gasteiger partial charge in [0.15, 0.2) is 11.5 Å². The number of nitrogens with zero attached hydrogens (tertiary/aromatic N) is 5. The van der Waals surface area contributed by atoms with Crippen molar-refractivity contribution >= 4 is 23.3 Å². The van der Waals surface area contributed by atoms with Gasteiger partial charge in [0.1, 0.15) is 5.75 Å². The molecular formula is C19H18ClN5O3. The lowest BCUT2D eigenvalue weighted by Gasteiger charge is -2.25. The van der Waals surface area contributed by atoms with Crippen molar-refractivity contribution in [2.24, 2.45) is 4.99 Å². The number of ether oxygens (including phenoxy) is 3. The van der Waals surface area contributed by atoms with E-state index in [-0.39, 0.29) is 6.04 Å². The maximum absolute atomic E-state index is 6.02. The highest BCUT2D eigenvalue weighted by Crippen LogP contribution is 2.42. The molecule has 1 aromatic heterocycles. The summed E-state index contributed by atoms with van der Waals surface area (Å²) in [6.07, 6.45) is 0.575. The number of hydrogen-bond donors (Lipinski definition) is 0. The molecule has 28 heavy (non-hydrogen) atoms. The second kappa shape index (κ2) is 7.47. The standard InChI is InChI=1S/C19H18ClN5O3/c1-26-16-10-18(28-3)17(27-2)8-13(16)15-9-14(11-4-6-12(20)7-5-11)21-19-22-23-24-25(15)19/h4-8,10,15H,9H2,1-3H3. The lowest BCUT2D eigenvalue weighted by molar-refractivity contribution is 0.344. The molecule has 0 fully saturated rings. The third kappa shape index (κ3) is 3.16. The Bertz CT molecular complexity index is 1030. The van der Waals surface area contributed by atoms with Crippen molar-refractivity contribution in [3.8, 4) is 17.2 Å². The summed E-state index contributed by atoms with van der Waals surface area (Å²) in [4.78, 5) is 4.62. The maximum atomic E-state index is 6.02. The van der Waals surface area contributed by atoms with Crippen molar-refractivity contribution in [2.45, 2.75) is 12.5 Å². The fourth-order valence-corrected chi connectivity index (χ4v) is 3.41. The Morgan fingerprint density at radius 1 is 0.964 bits per heavy atom. The summed E-state index contributed by atoms with van der Waals surface area (Å²) in [5, 5.41) is 12.6.